The van der Waals surface area contributed by atoms with Crippen LogP contribution in [0.1, 0.15) is 51.2 Å². The highest BCUT2D eigenvalue weighted by Gasteiger charge is 2.45. The number of carbonyl (C=O) groups is 1. The Labute approximate surface area is 165 Å². The quantitative estimate of drug-likeness (QED) is 0.691. The second-order valence-corrected chi connectivity index (χ2v) is 7.89. The zero-order valence-corrected chi connectivity index (χ0v) is 15.9. The summed E-state index contributed by atoms with van der Waals surface area (Å²) < 4.78 is 0. The largest absolute Gasteiger partial charge is 0.388 e. The average molecular weight is 369 g/mol. The summed E-state index contributed by atoms with van der Waals surface area (Å²) in [5, 5.41) is 11.3. The SMILES string of the molecule is Cc1ccc(N2C(=O)c3ccccc3C2C2CCc3ccccc3C2O)cc1. The van der Waals surface area contributed by atoms with Crippen LogP contribution in [-0.4, -0.2) is 11.0 Å². The molecule has 0 aromatic heterocycles. The monoisotopic (exact) mass is 369 g/mol. The predicted octanol–water partition coefficient (Wildman–Crippen LogP) is 4.99. The van der Waals surface area contributed by atoms with Crippen molar-refractivity contribution in [2.24, 2.45) is 5.92 Å². The molecule has 2 aliphatic rings. The molecule has 3 aromatic carbocycles. The number of nitrogens with zero attached hydrogens (tertiary/aromatic N) is 1. The van der Waals surface area contributed by atoms with E-state index in [-0.39, 0.29) is 17.9 Å². The summed E-state index contributed by atoms with van der Waals surface area (Å²) in [5.74, 6) is -0.0145. The molecule has 3 atom stereocenters. The highest BCUT2D eigenvalue weighted by molar-refractivity contribution is 6.11. The van der Waals surface area contributed by atoms with Crippen molar-refractivity contribution in [1.29, 1.82) is 0 Å². The first kappa shape index (κ1) is 17.2. The molecule has 3 aromatic rings. The lowest BCUT2D eigenvalue weighted by Crippen LogP contribution is -2.36. The standard InChI is InChI=1S/C25H23NO2/c1-16-10-13-18(14-11-16)26-23(20-8-4-5-9-21(20)25(26)28)22-15-12-17-6-2-3-7-19(17)24(22)27/h2-11,13-14,22-24,27H,12,15H2,1H3. The first-order valence-electron chi connectivity index (χ1n) is 9.90. The van der Waals surface area contributed by atoms with E-state index in [2.05, 4.69) is 6.07 Å². The number of fused-ring (bicyclic) bond motifs is 2. The molecule has 1 aliphatic carbocycles. The number of anilines is 1. The van der Waals surface area contributed by atoms with E-state index >= 15 is 0 Å². The molecule has 0 saturated carbocycles. The van der Waals surface area contributed by atoms with Gasteiger partial charge in [-0.05, 0) is 54.7 Å². The maximum absolute atomic E-state index is 13.3. The van der Waals surface area contributed by atoms with Crippen molar-refractivity contribution < 1.29 is 9.90 Å². The molecule has 0 spiro atoms. The van der Waals surface area contributed by atoms with Crippen LogP contribution in [0.3, 0.4) is 0 Å². The fourth-order valence-corrected chi connectivity index (χ4v) is 4.84. The number of amides is 1. The van der Waals surface area contributed by atoms with Gasteiger partial charge in [0, 0.05) is 17.2 Å². The van der Waals surface area contributed by atoms with Crippen LogP contribution in [0.15, 0.2) is 72.8 Å². The third kappa shape index (κ3) is 2.58. The molecule has 1 amide bonds. The van der Waals surface area contributed by atoms with Crippen LogP contribution in [0.4, 0.5) is 5.69 Å². The topological polar surface area (TPSA) is 40.5 Å². The summed E-state index contributed by atoms with van der Waals surface area (Å²) >= 11 is 0. The first-order chi connectivity index (χ1) is 13.6. The van der Waals surface area contributed by atoms with E-state index in [0.717, 1.165) is 40.8 Å². The molecule has 1 heterocycles. The summed E-state index contributed by atoms with van der Waals surface area (Å²) in [4.78, 5) is 15.2. The zero-order valence-electron chi connectivity index (χ0n) is 15.9. The molecule has 1 aliphatic heterocycles. The Morgan fingerprint density at radius 3 is 2.36 bits per heavy atom. The Balaban J connectivity index is 1.62. The van der Waals surface area contributed by atoms with Crippen LogP contribution >= 0.6 is 0 Å². The molecule has 0 radical (unpaired) electrons. The maximum atomic E-state index is 13.3. The summed E-state index contributed by atoms with van der Waals surface area (Å²) in [7, 11) is 0. The summed E-state index contributed by atoms with van der Waals surface area (Å²) in [6.45, 7) is 2.05. The molecule has 0 bridgehead atoms. The van der Waals surface area contributed by atoms with Crippen LogP contribution in [-0.2, 0) is 6.42 Å². The van der Waals surface area contributed by atoms with Crippen LogP contribution in [0, 0.1) is 12.8 Å². The Bertz CT molecular complexity index is 1040. The van der Waals surface area contributed by atoms with Gasteiger partial charge in [0.2, 0.25) is 0 Å². The second-order valence-electron chi connectivity index (χ2n) is 7.89. The highest BCUT2D eigenvalue weighted by atomic mass is 16.3. The van der Waals surface area contributed by atoms with Gasteiger partial charge < -0.3 is 10.0 Å². The number of hydrogen-bond acceptors (Lipinski definition) is 2. The highest BCUT2D eigenvalue weighted by Crippen LogP contribution is 2.49. The van der Waals surface area contributed by atoms with Crippen molar-refractivity contribution in [3.63, 3.8) is 0 Å². The van der Waals surface area contributed by atoms with Crippen molar-refractivity contribution in [2.45, 2.75) is 31.9 Å². The third-order valence-electron chi connectivity index (χ3n) is 6.25. The van der Waals surface area contributed by atoms with Crippen molar-refractivity contribution in [2.75, 3.05) is 4.90 Å². The normalized spacial score (nSPS) is 23.4. The lowest BCUT2D eigenvalue weighted by atomic mass is 9.76. The maximum Gasteiger partial charge on any atom is 0.259 e. The number of hydrogen-bond donors (Lipinski definition) is 1. The van der Waals surface area contributed by atoms with Crippen LogP contribution in [0.25, 0.3) is 0 Å². The van der Waals surface area contributed by atoms with Crippen molar-refractivity contribution in [3.8, 4) is 0 Å². The number of carbonyl (C=O) groups excluding carboxylic acids is 1. The third-order valence-corrected chi connectivity index (χ3v) is 6.25. The van der Waals surface area contributed by atoms with Crippen molar-refractivity contribution in [1.82, 2.24) is 0 Å². The minimum absolute atomic E-state index is 0.0236. The predicted molar refractivity (Wildman–Crippen MR) is 110 cm³/mol. The fourth-order valence-electron chi connectivity index (χ4n) is 4.84. The molecule has 3 nitrogen and oxygen atoms in total. The number of benzene rings is 3. The number of aryl methyl sites for hydroxylation is 2. The molecule has 1 N–H and O–H groups in total. The smallest absolute Gasteiger partial charge is 0.259 e. The Morgan fingerprint density at radius 1 is 0.893 bits per heavy atom. The lowest BCUT2D eigenvalue weighted by Gasteiger charge is -2.38. The molecule has 3 heteroatoms. The van der Waals surface area contributed by atoms with E-state index in [1.54, 1.807) is 0 Å². The average Bonchev–Trinajstić information content (AvgIpc) is 3.02. The number of aliphatic hydroxyl groups is 1. The van der Waals surface area contributed by atoms with Gasteiger partial charge in [-0.3, -0.25) is 4.79 Å². The summed E-state index contributed by atoms with van der Waals surface area (Å²) in [5.41, 5.74) is 6.04. The Morgan fingerprint density at radius 2 is 1.57 bits per heavy atom. The van der Waals surface area contributed by atoms with Gasteiger partial charge in [-0.1, -0.05) is 60.2 Å². The fraction of sp³-hybridized carbons (Fsp3) is 0.240. The molecule has 5 rings (SSSR count). The molecule has 0 fully saturated rings. The van der Waals surface area contributed by atoms with E-state index in [0.29, 0.717) is 0 Å². The van der Waals surface area contributed by atoms with Gasteiger partial charge in [0.05, 0.1) is 12.1 Å². The molecular weight excluding hydrogens is 346 g/mol. The molecular formula is C25H23NO2. The van der Waals surface area contributed by atoms with Crippen LogP contribution in [0.2, 0.25) is 0 Å². The van der Waals surface area contributed by atoms with E-state index in [1.807, 2.05) is 78.6 Å². The van der Waals surface area contributed by atoms with Crippen LogP contribution < -0.4 is 4.90 Å². The zero-order chi connectivity index (χ0) is 19.3. The van der Waals surface area contributed by atoms with Gasteiger partial charge in [-0.2, -0.15) is 0 Å². The second kappa shape index (κ2) is 6.61. The minimum Gasteiger partial charge on any atom is -0.388 e. The van der Waals surface area contributed by atoms with Gasteiger partial charge in [0.15, 0.2) is 0 Å². The van der Waals surface area contributed by atoms with Gasteiger partial charge in [-0.15, -0.1) is 0 Å². The number of aliphatic hydroxyl groups excluding tert-OH is 1. The minimum atomic E-state index is -0.582. The number of rotatable bonds is 2. The molecule has 140 valence electrons. The van der Waals surface area contributed by atoms with Gasteiger partial charge in [0.25, 0.3) is 5.91 Å². The lowest BCUT2D eigenvalue weighted by molar-refractivity contribution is 0.0741. The molecule has 3 unspecified atom stereocenters. The van der Waals surface area contributed by atoms with Crippen molar-refractivity contribution in [3.05, 3.63) is 101 Å². The summed E-state index contributed by atoms with van der Waals surface area (Å²) in [6.07, 6.45) is 1.20. The first-order valence-corrected chi connectivity index (χ1v) is 9.90. The van der Waals surface area contributed by atoms with E-state index < -0.39 is 6.10 Å². The van der Waals surface area contributed by atoms with E-state index in [4.69, 9.17) is 0 Å². The van der Waals surface area contributed by atoms with Gasteiger partial charge in [-0.25, -0.2) is 0 Å². The molecule has 28 heavy (non-hydrogen) atoms. The Kier molecular flexibility index (Phi) is 4.06. The van der Waals surface area contributed by atoms with Gasteiger partial charge in [0.1, 0.15) is 0 Å². The van der Waals surface area contributed by atoms with E-state index in [9.17, 15) is 9.90 Å². The Hall–Kier alpha value is -2.91. The van der Waals surface area contributed by atoms with Crippen LogP contribution in [0.5, 0.6) is 0 Å². The van der Waals surface area contributed by atoms with Gasteiger partial charge >= 0.3 is 0 Å². The molecule has 0 saturated heterocycles. The van der Waals surface area contributed by atoms with Crippen molar-refractivity contribution >= 4 is 11.6 Å². The van der Waals surface area contributed by atoms with E-state index in [1.165, 1.54) is 5.56 Å². The summed E-state index contributed by atoms with van der Waals surface area (Å²) in [6, 6.07) is 23.9.